The van der Waals surface area contributed by atoms with Crippen molar-refractivity contribution in [3.8, 4) is 0 Å². The second-order valence-electron chi connectivity index (χ2n) is 5.79. The zero-order chi connectivity index (χ0) is 17.0. The van der Waals surface area contributed by atoms with Crippen molar-refractivity contribution in [3.05, 3.63) is 56.1 Å². The van der Waals surface area contributed by atoms with Crippen molar-refractivity contribution in [1.82, 2.24) is 10.3 Å². The van der Waals surface area contributed by atoms with Crippen LogP contribution < -0.4 is 10.2 Å². The molecule has 3 N–H and O–H groups in total. The van der Waals surface area contributed by atoms with Gasteiger partial charge in [0.1, 0.15) is 0 Å². The number of Topliss-reactive ketones (excluding diaryl/α,β-unsaturated/α-hetero) is 1. The molecule has 3 atom stereocenters. The van der Waals surface area contributed by atoms with Gasteiger partial charge in [-0.3, -0.25) is 9.59 Å². The number of nitrogens with one attached hydrogen (secondary N) is 2. The molecular formula is C17H22N2O3S. The van der Waals surface area contributed by atoms with E-state index in [1.54, 1.807) is 6.92 Å². The number of hydrogen-bond donors (Lipinski definition) is 3. The average molecular weight is 334 g/mol. The Morgan fingerprint density at radius 2 is 1.96 bits per heavy atom. The van der Waals surface area contributed by atoms with Crippen LogP contribution in [0, 0.1) is 12.8 Å². The molecule has 0 aliphatic heterocycles. The van der Waals surface area contributed by atoms with Crippen molar-refractivity contribution in [2.45, 2.75) is 32.9 Å². The quantitative estimate of drug-likeness (QED) is 0.679. The minimum Gasteiger partial charge on any atom is -0.387 e. The molecule has 0 aliphatic carbocycles. The molecule has 6 heteroatoms. The number of carbonyl (C=O) groups excluding carboxylic acids is 1. The van der Waals surface area contributed by atoms with Crippen LogP contribution in [0.4, 0.5) is 0 Å². The predicted molar refractivity (Wildman–Crippen MR) is 92.0 cm³/mol. The van der Waals surface area contributed by atoms with Crippen LogP contribution >= 0.6 is 11.3 Å². The highest BCUT2D eigenvalue weighted by molar-refractivity contribution is 7.11. The number of carbonyl (C=O) groups is 1. The Balaban J connectivity index is 1.93. The number of thiazole rings is 1. The van der Waals surface area contributed by atoms with Gasteiger partial charge in [-0.25, -0.2) is 0 Å². The highest BCUT2D eigenvalue weighted by Gasteiger charge is 2.22. The van der Waals surface area contributed by atoms with Crippen molar-refractivity contribution in [1.29, 1.82) is 0 Å². The highest BCUT2D eigenvalue weighted by atomic mass is 32.1. The number of ketones is 1. The van der Waals surface area contributed by atoms with E-state index in [2.05, 4.69) is 10.3 Å². The Morgan fingerprint density at radius 1 is 1.30 bits per heavy atom. The summed E-state index contributed by atoms with van der Waals surface area (Å²) in [7, 11) is 0. The summed E-state index contributed by atoms with van der Waals surface area (Å²) in [5.74, 6) is -0.328. The molecule has 1 heterocycles. The lowest BCUT2D eigenvalue weighted by atomic mass is 10.0. The number of aryl methyl sites for hydroxylation is 1. The summed E-state index contributed by atoms with van der Waals surface area (Å²) in [6.45, 7) is 5.87. The van der Waals surface area contributed by atoms with Gasteiger partial charge in [0.15, 0.2) is 5.78 Å². The molecule has 0 saturated heterocycles. The first-order valence-corrected chi connectivity index (χ1v) is 8.42. The maximum atomic E-state index is 12.4. The van der Waals surface area contributed by atoms with Gasteiger partial charge in [-0.2, -0.15) is 0 Å². The van der Waals surface area contributed by atoms with Gasteiger partial charge in [-0.1, -0.05) is 48.6 Å². The SMILES string of the molecule is Cc1[nH]c(=O)sc1C(=O)C(C)CNC(C)C(O)c1ccccc1. The van der Waals surface area contributed by atoms with E-state index in [0.717, 1.165) is 16.9 Å². The van der Waals surface area contributed by atoms with Crippen LogP contribution in [0.1, 0.15) is 40.9 Å². The molecule has 0 bridgehead atoms. The predicted octanol–water partition coefficient (Wildman–Crippen LogP) is 2.28. The van der Waals surface area contributed by atoms with Crippen molar-refractivity contribution < 1.29 is 9.90 Å². The Hall–Kier alpha value is -1.76. The fourth-order valence-corrected chi connectivity index (χ4v) is 3.26. The molecule has 5 nitrogen and oxygen atoms in total. The second kappa shape index (κ2) is 7.68. The highest BCUT2D eigenvalue weighted by Crippen LogP contribution is 2.18. The van der Waals surface area contributed by atoms with Crippen molar-refractivity contribution in [2.75, 3.05) is 6.54 Å². The Morgan fingerprint density at radius 3 is 2.52 bits per heavy atom. The fraction of sp³-hybridized carbons (Fsp3) is 0.412. The van der Waals surface area contributed by atoms with Gasteiger partial charge in [-0.05, 0) is 19.4 Å². The van der Waals surface area contributed by atoms with E-state index >= 15 is 0 Å². The lowest BCUT2D eigenvalue weighted by Gasteiger charge is -2.22. The van der Waals surface area contributed by atoms with Gasteiger partial charge in [0.25, 0.3) is 0 Å². The van der Waals surface area contributed by atoms with Crippen LogP contribution in [0.5, 0.6) is 0 Å². The van der Waals surface area contributed by atoms with Crippen LogP contribution in [0.3, 0.4) is 0 Å². The van der Waals surface area contributed by atoms with E-state index in [0.29, 0.717) is 17.1 Å². The molecule has 124 valence electrons. The number of benzene rings is 1. The van der Waals surface area contributed by atoms with Crippen molar-refractivity contribution in [3.63, 3.8) is 0 Å². The van der Waals surface area contributed by atoms with Gasteiger partial charge in [0.05, 0.1) is 11.0 Å². The summed E-state index contributed by atoms with van der Waals surface area (Å²) in [4.78, 5) is 26.6. The third-order valence-corrected chi connectivity index (χ3v) is 4.86. The first-order valence-electron chi connectivity index (χ1n) is 7.60. The van der Waals surface area contributed by atoms with Crippen molar-refractivity contribution >= 4 is 17.1 Å². The molecule has 1 aromatic heterocycles. The summed E-state index contributed by atoms with van der Waals surface area (Å²) < 4.78 is 0. The van der Waals surface area contributed by atoms with Crippen LogP contribution in [0.25, 0.3) is 0 Å². The first-order chi connectivity index (χ1) is 10.9. The fourth-order valence-electron chi connectivity index (χ4n) is 2.37. The summed E-state index contributed by atoms with van der Waals surface area (Å²) in [6, 6.07) is 9.23. The molecule has 0 radical (unpaired) electrons. The monoisotopic (exact) mass is 334 g/mol. The lowest BCUT2D eigenvalue weighted by Crippen LogP contribution is -2.37. The Kier molecular flexibility index (Phi) is 5.87. The Labute approximate surface area is 139 Å². The number of rotatable bonds is 7. The number of aromatic nitrogens is 1. The maximum Gasteiger partial charge on any atom is 0.305 e. The molecule has 1 aromatic carbocycles. The summed E-state index contributed by atoms with van der Waals surface area (Å²) in [6.07, 6.45) is -0.636. The van der Waals surface area contributed by atoms with Crippen molar-refractivity contribution in [2.24, 2.45) is 5.92 Å². The normalized spacial score (nSPS) is 15.1. The van der Waals surface area contributed by atoms with E-state index in [9.17, 15) is 14.7 Å². The number of aliphatic hydroxyl groups excluding tert-OH is 1. The largest absolute Gasteiger partial charge is 0.387 e. The van der Waals surface area contributed by atoms with Gasteiger partial charge in [-0.15, -0.1) is 0 Å². The van der Waals surface area contributed by atoms with E-state index in [1.165, 1.54) is 0 Å². The van der Waals surface area contributed by atoms with E-state index in [4.69, 9.17) is 0 Å². The molecule has 0 fully saturated rings. The van der Waals surface area contributed by atoms with Crippen LogP contribution in [0.15, 0.2) is 35.1 Å². The summed E-state index contributed by atoms with van der Waals surface area (Å²) in [5.41, 5.74) is 1.46. The molecule has 3 unspecified atom stereocenters. The number of hydrogen-bond acceptors (Lipinski definition) is 5. The standard InChI is InChI=1S/C17H22N2O3S/c1-10(14(20)16-12(3)19-17(22)23-16)9-18-11(2)15(21)13-7-5-4-6-8-13/h4-8,10-11,15,18,21H,9H2,1-3H3,(H,19,22). The lowest BCUT2D eigenvalue weighted by molar-refractivity contribution is 0.0915. The molecule has 0 saturated carbocycles. The molecule has 0 amide bonds. The van der Waals surface area contributed by atoms with Gasteiger partial charge in [0, 0.05) is 24.2 Å². The average Bonchev–Trinajstić information content (AvgIpc) is 2.90. The minimum absolute atomic E-state index is 0.0558. The zero-order valence-electron chi connectivity index (χ0n) is 13.5. The van der Waals surface area contributed by atoms with Crippen LogP contribution in [-0.2, 0) is 0 Å². The molecule has 2 aromatic rings. The minimum atomic E-state index is -0.636. The number of H-pyrrole nitrogens is 1. The third-order valence-electron chi connectivity index (χ3n) is 3.86. The van der Waals surface area contributed by atoms with Crippen LogP contribution in [-0.4, -0.2) is 28.5 Å². The van der Waals surface area contributed by atoms with E-state index in [-0.39, 0.29) is 22.6 Å². The summed E-state index contributed by atoms with van der Waals surface area (Å²) >= 11 is 0.950. The zero-order valence-corrected chi connectivity index (χ0v) is 14.3. The molecular weight excluding hydrogens is 312 g/mol. The molecule has 2 rings (SSSR count). The van der Waals surface area contributed by atoms with Gasteiger partial charge < -0.3 is 15.4 Å². The Bertz CT molecular complexity index is 708. The van der Waals surface area contributed by atoms with Gasteiger partial charge >= 0.3 is 4.87 Å². The second-order valence-corrected chi connectivity index (χ2v) is 6.77. The first kappa shape index (κ1) is 17.6. The number of aliphatic hydroxyl groups is 1. The molecule has 23 heavy (non-hydrogen) atoms. The van der Waals surface area contributed by atoms with E-state index in [1.807, 2.05) is 44.2 Å². The maximum absolute atomic E-state index is 12.4. The topological polar surface area (TPSA) is 82.2 Å². The van der Waals surface area contributed by atoms with E-state index < -0.39 is 6.10 Å². The summed E-state index contributed by atoms with van der Waals surface area (Å²) in [5, 5.41) is 13.5. The van der Waals surface area contributed by atoms with Crippen LogP contribution in [0.2, 0.25) is 0 Å². The van der Waals surface area contributed by atoms with Gasteiger partial charge in [0.2, 0.25) is 0 Å². The number of aromatic amines is 1. The molecule has 0 aliphatic rings. The smallest absolute Gasteiger partial charge is 0.305 e. The third kappa shape index (κ3) is 4.37. The molecule has 0 spiro atoms.